The Morgan fingerprint density at radius 2 is 2.24 bits per heavy atom. The highest BCUT2D eigenvalue weighted by Crippen LogP contribution is 2.30. The first-order valence-electron chi connectivity index (χ1n) is 7.41. The number of carbonyl (C=O) groups is 2. The molecule has 12 nitrogen and oxygen atoms in total. The summed E-state index contributed by atoms with van der Waals surface area (Å²) in [6.07, 6.45) is 2.38. The van der Waals surface area contributed by atoms with Crippen molar-refractivity contribution in [3.63, 3.8) is 0 Å². The Morgan fingerprint density at radius 1 is 1.48 bits per heavy atom. The second-order valence-electron chi connectivity index (χ2n) is 5.75. The maximum Gasteiger partial charge on any atom is 0.418 e. The molecule has 2 atom stereocenters. The molecule has 25 heavy (non-hydrogen) atoms. The van der Waals surface area contributed by atoms with E-state index in [0.29, 0.717) is 23.6 Å². The van der Waals surface area contributed by atoms with Crippen LogP contribution < -0.4 is 5.48 Å². The average Bonchev–Trinajstić information content (AvgIpc) is 3.04. The van der Waals surface area contributed by atoms with Gasteiger partial charge in [-0.25, -0.2) is 10.3 Å². The second kappa shape index (κ2) is 6.59. The molecule has 0 saturated carbocycles. The number of carbonyl (C=O) groups excluding carboxylic acids is 2. The number of rotatable bonds is 6. The average molecular weight is 375 g/mol. The highest BCUT2D eigenvalue weighted by molar-refractivity contribution is 7.80. The van der Waals surface area contributed by atoms with Crippen LogP contribution in [0.25, 0.3) is 0 Å². The van der Waals surface area contributed by atoms with Gasteiger partial charge in [-0.05, 0) is 18.9 Å². The Kier molecular flexibility index (Phi) is 4.64. The third-order valence-electron chi connectivity index (χ3n) is 3.96. The first kappa shape index (κ1) is 17.6. The highest BCUT2D eigenvalue weighted by atomic mass is 32.3. The maximum absolute atomic E-state index is 12.2. The summed E-state index contributed by atoms with van der Waals surface area (Å²) in [5.41, 5.74) is 2.89. The van der Waals surface area contributed by atoms with Gasteiger partial charge in [0.15, 0.2) is 0 Å². The number of amides is 3. The van der Waals surface area contributed by atoms with Crippen molar-refractivity contribution in [3.8, 4) is 0 Å². The molecular weight excluding hydrogens is 358 g/mol. The van der Waals surface area contributed by atoms with Gasteiger partial charge in [-0.2, -0.15) is 18.6 Å². The molecule has 0 radical (unpaired) electrons. The molecule has 0 spiro atoms. The van der Waals surface area contributed by atoms with E-state index in [1.165, 1.54) is 4.90 Å². The quantitative estimate of drug-likeness (QED) is 0.475. The first-order valence-corrected chi connectivity index (χ1v) is 8.78. The zero-order valence-electron chi connectivity index (χ0n) is 13.2. The Labute approximate surface area is 143 Å². The summed E-state index contributed by atoms with van der Waals surface area (Å²) in [4.78, 5) is 30.7. The molecule has 2 aliphatic rings. The van der Waals surface area contributed by atoms with E-state index in [1.54, 1.807) is 24.0 Å². The molecular formula is C12H17N5O7S. The van der Waals surface area contributed by atoms with Crippen molar-refractivity contribution in [3.05, 3.63) is 18.0 Å². The van der Waals surface area contributed by atoms with Crippen molar-refractivity contribution in [2.75, 3.05) is 6.54 Å². The van der Waals surface area contributed by atoms with Crippen LogP contribution in [-0.4, -0.2) is 63.3 Å². The molecule has 2 unspecified atom stereocenters. The number of hydrogen-bond donors (Lipinski definition) is 2. The first-order chi connectivity index (χ1) is 11.7. The molecule has 0 aliphatic carbocycles. The number of fused-ring (bicyclic) bond motifs is 2. The van der Waals surface area contributed by atoms with Crippen LogP contribution in [0.2, 0.25) is 0 Å². The van der Waals surface area contributed by atoms with E-state index in [4.69, 9.17) is 9.39 Å². The lowest BCUT2D eigenvalue weighted by molar-refractivity contribution is -0.140. The van der Waals surface area contributed by atoms with Gasteiger partial charge < -0.3 is 4.90 Å². The van der Waals surface area contributed by atoms with Crippen LogP contribution in [-0.2, 0) is 38.0 Å². The fourth-order valence-corrected chi connectivity index (χ4v) is 3.28. The molecule has 3 rings (SSSR count). The zero-order chi connectivity index (χ0) is 18.2. The van der Waals surface area contributed by atoms with Crippen LogP contribution in [0.15, 0.2) is 12.3 Å². The summed E-state index contributed by atoms with van der Waals surface area (Å²) in [5.74, 6) is -0.531. The molecule has 3 heterocycles. The van der Waals surface area contributed by atoms with E-state index < -0.39 is 34.4 Å². The Morgan fingerprint density at radius 3 is 2.88 bits per heavy atom. The van der Waals surface area contributed by atoms with Crippen molar-refractivity contribution in [2.24, 2.45) is 7.05 Å². The molecule has 1 aromatic heterocycles. The fourth-order valence-electron chi connectivity index (χ4n) is 2.89. The van der Waals surface area contributed by atoms with Crippen molar-refractivity contribution in [1.29, 1.82) is 0 Å². The number of hydrogen-bond acceptors (Lipinski definition) is 7. The Hall–Kier alpha value is -2.22. The van der Waals surface area contributed by atoms with Crippen molar-refractivity contribution < 1.29 is 31.7 Å². The monoisotopic (exact) mass is 375 g/mol. The third-order valence-corrected chi connectivity index (χ3v) is 4.31. The number of hydroxylamine groups is 3. The minimum Gasteiger partial charge on any atom is -0.309 e. The van der Waals surface area contributed by atoms with Crippen molar-refractivity contribution in [2.45, 2.75) is 31.5 Å². The summed E-state index contributed by atoms with van der Waals surface area (Å²) in [5, 5.41) is 4.67. The van der Waals surface area contributed by atoms with Gasteiger partial charge in [0, 0.05) is 19.8 Å². The normalized spacial score (nSPS) is 23.2. The lowest BCUT2D eigenvalue weighted by Gasteiger charge is -2.28. The van der Waals surface area contributed by atoms with E-state index in [9.17, 15) is 18.0 Å². The molecule has 3 amide bonds. The molecule has 2 aliphatic heterocycles. The summed E-state index contributed by atoms with van der Waals surface area (Å²) >= 11 is 0. The maximum atomic E-state index is 12.2. The van der Waals surface area contributed by atoms with Gasteiger partial charge >= 0.3 is 16.4 Å². The van der Waals surface area contributed by atoms with Gasteiger partial charge in [0.05, 0.1) is 11.7 Å². The third kappa shape index (κ3) is 3.89. The molecule has 2 fully saturated rings. The lowest BCUT2D eigenvalue weighted by Crippen LogP contribution is -2.49. The number of nitrogens with one attached hydrogen (secondary N) is 1. The van der Waals surface area contributed by atoms with Crippen LogP contribution in [0.4, 0.5) is 4.79 Å². The van der Waals surface area contributed by atoms with Gasteiger partial charge in [-0.3, -0.25) is 18.9 Å². The number of nitrogens with zero attached hydrogens (tertiary/aromatic N) is 4. The van der Waals surface area contributed by atoms with Crippen LogP contribution in [0.3, 0.4) is 0 Å². The Bertz CT molecular complexity index is 779. The number of urea groups is 1. The van der Waals surface area contributed by atoms with Crippen LogP contribution in [0.5, 0.6) is 0 Å². The highest BCUT2D eigenvalue weighted by Gasteiger charge is 2.49. The van der Waals surface area contributed by atoms with Gasteiger partial charge in [0.2, 0.25) is 0 Å². The number of aryl methyl sites for hydroxylation is 1. The smallest absolute Gasteiger partial charge is 0.309 e. The predicted molar refractivity (Wildman–Crippen MR) is 79.5 cm³/mol. The summed E-state index contributed by atoms with van der Waals surface area (Å²) in [6, 6.07) is -0.438. The summed E-state index contributed by atoms with van der Waals surface area (Å²) in [7, 11) is -3.07. The van der Waals surface area contributed by atoms with Crippen LogP contribution in [0.1, 0.15) is 18.5 Å². The summed E-state index contributed by atoms with van der Waals surface area (Å²) < 4.78 is 36.3. The van der Waals surface area contributed by atoms with Crippen LogP contribution in [0, 0.1) is 0 Å². The molecule has 13 heteroatoms. The molecule has 2 N–H and O–H groups in total. The molecule has 0 aromatic carbocycles. The minimum atomic E-state index is -4.82. The van der Waals surface area contributed by atoms with E-state index in [1.807, 2.05) is 0 Å². The molecule has 138 valence electrons. The van der Waals surface area contributed by atoms with Gasteiger partial charge in [-0.15, -0.1) is 4.28 Å². The largest absolute Gasteiger partial charge is 0.418 e. The fraction of sp³-hybridized carbons (Fsp3) is 0.583. The number of piperidine rings is 1. The van der Waals surface area contributed by atoms with Crippen LogP contribution >= 0.6 is 0 Å². The SMILES string of the molecule is Cn1ccc(CONC(=O)C2CCC3CN2C(=O)N3OS(=O)(=O)O)n1. The number of aromatic nitrogens is 2. The van der Waals surface area contributed by atoms with E-state index in [2.05, 4.69) is 14.9 Å². The summed E-state index contributed by atoms with van der Waals surface area (Å²) in [6.45, 7) is 0.181. The molecule has 2 saturated heterocycles. The van der Waals surface area contributed by atoms with Crippen molar-refractivity contribution >= 4 is 22.3 Å². The minimum absolute atomic E-state index is 0.0634. The molecule has 1 aromatic rings. The van der Waals surface area contributed by atoms with Gasteiger partial charge in [0.1, 0.15) is 12.6 Å². The van der Waals surface area contributed by atoms with Crippen molar-refractivity contribution in [1.82, 2.24) is 25.2 Å². The standard InChI is InChI=1S/C12H17N5O7S/c1-15-5-4-8(13-15)7-23-14-11(18)10-3-2-9-6-16(10)12(19)17(9)24-25(20,21)22/h4-5,9-10H,2-3,6-7H2,1H3,(H,14,18)(H,20,21,22). The molecule has 2 bridgehead atoms. The topological polar surface area (TPSA) is 143 Å². The predicted octanol–water partition coefficient (Wildman–Crippen LogP) is -1.03. The van der Waals surface area contributed by atoms with Gasteiger partial charge in [0.25, 0.3) is 5.91 Å². The van der Waals surface area contributed by atoms with E-state index >= 15 is 0 Å². The van der Waals surface area contributed by atoms with E-state index in [0.717, 1.165) is 0 Å². The second-order valence-corrected chi connectivity index (χ2v) is 6.75. The van der Waals surface area contributed by atoms with E-state index in [-0.39, 0.29) is 13.2 Å². The van der Waals surface area contributed by atoms with Gasteiger partial charge in [-0.1, -0.05) is 0 Å². The Balaban J connectivity index is 1.56. The zero-order valence-corrected chi connectivity index (χ0v) is 14.0. The lowest BCUT2D eigenvalue weighted by atomic mass is 10.0.